The Morgan fingerprint density at radius 2 is 1.47 bits per heavy atom. The molecule has 1 fully saturated rings. The zero-order valence-corrected chi connectivity index (χ0v) is 27.0. The van der Waals surface area contributed by atoms with Crippen LogP contribution in [0.2, 0.25) is 0 Å². The van der Waals surface area contributed by atoms with Crippen molar-refractivity contribution in [2.45, 2.75) is 25.2 Å². The van der Waals surface area contributed by atoms with Gasteiger partial charge in [0.25, 0.3) is 0 Å². The van der Waals surface area contributed by atoms with E-state index in [-0.39, 0.29) is 51.8 Å². The van der Waals surface area contributed by atoms with E-state index in [1.54, 1.807) is 18.2 Å². The van der Waals surface area contributed by atoms with Crippen molar-refractivity contribution in [3.63, 3.8) is 0 Å². The van der Waals surface area contributed by atoms with E-state index < -0.39 is 76.2 Å². The molecule has 1 aliphatic heterocycles. The van der Waals surface area contributed by atoms with Crippen LogP contribution in [0.1, 0.15) is 29.5 Å². The Balaban J connectivity index is 1.44. The molecule has 2 aromatic carbocycles. The summed E-state index contributed by atoms with van der Waals surface area (Å²) in [5.74, 6) is -7.31. The minimum Gasteiger partial charge on any atom is -0.502 e. The maximum absolute atomic E-state index is 14.0. The normalized spacial score (nSPS) is 24.1. The van der Waals surface area contributed by atoms with Gasteiger partial charge in [-0.3, -0.25) is 19.2 Å². The number of carbonyl (C=O) groups is 4. The second-order valence-corrected chi connectivity index (χ2v) is 12.7. The first-order valence-electron chi connectivity index (χ1n) is 14.7. The Morgan fingerprint density at radius 1 is 0.878 bits per heavy atom. The lowest BCUT2D eigenvalue weighted by atomic mass is 9.61. The van der Waals surface area contributed by atoms with Crippen molar-refractivity contribution in [2.75, 3.05) is 19.1 Å². The number of Topliss-reactive ketones (excluding diaryl/α,β-unsaturated/α-hetero) is 1. The van der Waals surface area contributed by atoms with Crippen LogP contribution in [0.25, 0.3) is 6.08 Å². The first-order valence-corrected chi connectivity index (χ1v) is 15.4. The van der Waals surface area contributed by atoms with Gasteiger partial charge in [0, 0.05) is 23.1 Å². The molecule has 2 aromatic rings. The predicted octanol–water partition coefficient (Wildman–Crippen LogP) is 6.96. The summed E-state index contributed by atoms with van der Waals surface area (Å²) in [6, 6.07) is 3.54. The smallest absolute Gasteiger partial charge is 0.416 e. The third-order valence-corrected chi connectivity index (χ3v) is 9.78. The summed E-state index contributed by atoms with van der Waals surface area (Å²) in [7, 11) is 2.66. The van der Waals surface area contributed by atoms with E-state index in [0.717, 1.165) is 6.08 Å². The van der Waals surface area contributed by atoms with Gasteiger partial charge >= 0.3 is 12.4 Å². The molecule has 49 heavy (non-hydrogen) atoms. The van der Waals surface area contributed by atoms with Crippen LogP contribution in [0.4, 0.5) is 32.0 Å². The molecule has 4 aliphatic rings. The Labute approximate surface area is 282 Å². The zero-order chi connectivity index (χ0) is 35.7. The van der Waals surface area contributed by atoms with Gasteiger partial charge in [0.1, 0.15) is 0 Å². The molecule has 15 heteroatoms. The van der Waals surface area contributed by atoms with E-state index >= 15 is 0 Å². The minimum absolute atomic E-state index is 0.0362. The van der Waals surface area contributed by atoms with Gasteiger partial charge in [-0.15, -0.1) is 0 Å². The van der Waals surface area contributed by atoms with Crippen molar-refractivity contribution in [1.82, 2.24) is 0 Å². The number of imide groups is 1. The fourth-order valence-electron chi connectivity index (χ4n) is 7.02. The fourth-order valence-corrected chi connectivity index (χ4v) is 7.47. The first-order chi connectivity index (χ1) is 23.0. The summed E-state index contributed by atoms with van der Waals surface area (Å²) in [5, 5.41) is 10.3. The number of carbonyl (C=O) groups excluding carboxylic acids is 4. The molecule has 0 bridgehead atoms. The van der Waals surface area contributed by atoms with Gasteiger partial charge in [0.15, 0.2) is 23.1 Å². The number of fused-ring (bicyclic) bond motifs is 3. The number of allylic oxidation sites excluding steroid dienone is 7. The van der Waals surface area contributed by atoms with Crippen molar-refractivity contribution in [3.8, 4) is 17.2 Å². The molecule has 0 spiro atoms. The highest BCUT2D eigenvalue weighted by Gasteiger charge is 2.56. The highest BCUT2D eigenvalue weighted by molar-refractivity contribution is 9.12. The molecule has 256 valence electrons. The number of aromatic hydroxyl groups is 1. The van der Waals surface area contributed by atoms with Crippen LogP contribution < -0.4 is 14.4 Å². The van der Waals surface area contributed by atoms with E-state index in [0.29, 0.717) is 28.2 Å². The van der Waals surface area contributed by atoms with Gasteiger partial charge in [-0.2, -0.15) is 26.3 Å². The zero-order valence-electron chi connectivity index (χ0n) is 25.4. The summed E-state index contributed by atoms with van der Waals surface area (Å²) in [6.45, 7) is 0. The summed E-state index contributed by atoms with van der Waals surface area (Å²) in [5.41, 5.74) is -3.10. The Hall–Kier alpha value is -4.66. The van der Waals surface area contributed by atoms with Crippen molar-refractivity contribution < 1.29 is 60.1 Å². The second kappa shape index (κ2) is 12.0. The second-order valence-electron chi connectivity index (χ2n) is 11.8. The molecule has 1 N–H and O–H groups in total. The van der Waals surface area contributed by atoms with Gasteiger partial charge in [-0.1, -0.05) is 23.8 Å². The number of rotatable bonds is 5. The van der Waals surface area contributed by atoms with Gasteiger partial charge in [-0.05, 0) is 70.6 Å². The molecule has 8 nitrogen and oxygen atoms in total. The number of ether oxygens (including phenoxy) is 2. The molecule has 0 radical (unpaired) electrons. The number of phenolic OH excluding ortho intramolecular Hbond substituents is 1. The number of anilines is 1. The molecule has 6 rings (SSSR count). The maximum Gasteiger partial charge on any atom is 0.416 e. The largest absolute Gasteiger partial charge is 0.502 e. The van der Waals surface area contributed by atoms with E-state index in [1.165, 1.54) is 26.4 Å². The lowest BCUT2D eigenvalue weighted by Crippen LogP contribution is -2.40. The van der Waals surface area contributed by atoms with Crippen molar-refractivity contribution in [2.24, 2.45) is 23.7 Å². The minimum atomic E-state index is -5.21. The molecule has 2 amide bonds. The standard InChI is InChI=1S/C34H24BrF6NO7/c1-48-25-7-14(8-26(49-2)30(25)45)3-4-19-18-5-6-20-28(21(18)12-22-27(19)24(43)13-23(35)29(22)44)32(47)42(31(20)46)17-10-15(33(36,37)38)9-16(11-17)34(39,40)41/h3-5,7-11,13,19-21,28,45H,6,12H2,1-2H3/t19-,20-,21+,28-/m0/s1. The number of alkyl halides is 6. The highest BCUT2D eigenvalue weighted by Crippen LogP contribution is 2.54. The van der Waals surface area contributed by atoms with Crippen molar-refractivity contribution >= 4 is 51.1 Å². The highest BCUT2D eigenvalue weighted by atomic mass is 79.9. The number of benzene rings is 2. The molecule has 1 heterocycles. The Morgan fingerprint density at radius 3 is 2.02 bits per heavy atom. The van der Waals surface area contributed by atoms with Crippen LogP contribution >= 0.6 is 15.9 Å². The van der Waals surface area contributed by atoms with Crippen LogP contribution in [0.15, 0.2) is 69.8 Å². The van der Waals surface area contributed by atoms with Crippen LogP contribution in [0.3, 0.4) is 0 Å². The van der Waals surface area contributed by atoms with E-state index in [1.807, 2.05) is 0 Å². The van der Waals surface area contributed by atoms with Crippen LogP contribution in [-0.2, 0) is 31.5 Å². The molecule has 0 aromatic heterocycles. The van der Waals surface area contributed by atoms with Gasteiger partial charge in [-0.25, -0.2) is 4.90 Å². The van der Waals surface area contributed by atoms with Gasteiger partial charge < -0.3 is 14.6 Å². The van der Waals surface area contributed by atoms with Gasteiger partial charge in [0.2, 0.25) is 17.6 Å². The van der Waals surface area contributed by atoms with Crippen LogP contribution in [0.5, 0.6) is 17.2 Å². The number of nitrogens with zero attached hydrogens (tertiary/aromatic N) is 1. The number of halogens is 7. The number of ketones is 2. The van der Waals surface area contributed by atoms with Gasteiger partial charge in [0.05, 0.1) is 47.4 Å². The SMILES string of the molecule is COc1cc(C=C[C@H]2C3=CC[C@@H]4C(=O)N(c5cc(C(F)(F)F)cc(C(F)(F)F)c5)C(=O)[C@@H]4[C@@H]3CC3=C2C(=O)C=C(Br)C3=O)cc(OC)c1O. The van der Waals surface area contributed by atoms with E-state index in [9.17, 15) is 50.6 Å². The van der Waals surface area contributed by atoms with Crippen LogP contribution in [0, 0.1) is 23.7 Å². The molecule has 1 saturated heterocycles. The predicted molar refractivity (Wildman–Crippen MR) is 165 cm³/mol. The van der Waals surface area contributed by atoms with E-state index in [2.05, 4.69) is 15.9 Å². The third kappa shape index (κ3) is 5.77. The maximum atomic E-state index is 14.0. The first kappa shape index (κ1) is 34.2. The summed E-state index contributed by atoms with van der Waals surface area (Å²) >= 11 is 3.10. The van der Waals surface area contributed by atoms with E-state index in [4.69, 9.17) is 9.47 Å². The third-order valence-electron chi connectivity index (χ3n) is 9.19. The average molecular weight is 752 g/mol. The summed E-state index contributed by atoms with van der Waals surface area (Å²) in [6.07, 6.45) is -4.77. The monoisotopic (exact) mass is 751 g/mol. The Bertz CT molecular complexity index is 1900. The molecule has 0 saturated carbocycles. The summed E-state index contributed by atoms with van der Waals surface area (Å²) in [4.78, 5) is 54.8. The number of amides is 2. The number of methoxy groups -OCH3 is 2. The fraction of sp³-hybridized carbons (Fsp3) is 0.294. The van der Waals surface area contributed by atoms with Crippen LogP contribution in [-0.4, -0.2) is 42.7 Å². The Kier molecular flexibility index (Phi) is 8.40. The topological polar surface area (TPSA) is 110 Å². The quantitative estimate of drug-likeness (QED) is 0.152. The number of hydrogen-bond acceptors (Lipinski definition) is 7. The molecule has 4 atom stereocenters. The molecular weight excluding hydrogens is 728 g/mol. The van der Waals surface area contributed by atoms with Crippen molar-refractivity contribution in [1.29, 1.82) is 0 Å². The molecule has 3 aliphatic carbocycles. The lowest BCUT2D eigenvalue weighted by molar-refractivity contribution is -0.143. The number of phenols is 1. The molecular formula is C34H24BrF6NO7. The molecule has 0 unspecified atom stereocenters. The lowest BCUT2D eigenvalue weighted by Gasteiger charge is -2.41. The summed E-state index contributed by atoms with van der Waals surface area (Å²) < 4.78 is 92.4. The van der Waals surface area contributed by atoms with Crippen molar-refractivity contribution in [3.05, 3.63) is 86.5 Å². The average Bonchev–Trinajstić information content (AvgIpc) is 3.30. The number of hydrogen-bond donors (Lipinski definition) is 1.